The molecule has 4 rings (SSSR count). The fourth-order valence-corrected chi connectivity index (χ4v) is 5.96. The van der Waals surface area contributed by atoms with Crippen molar-refractivity contribution in [3.05, 3.63) is 0 Å². The molecule has 0 aromatic carbocycles. The second-order valence-corrected chi connectivity index (χ2v) is 7.91. The summed E-state index contributed by atoms with van der Waals surface area (Å²) in [7, 11) is 0. The van der Waals surface area contributed by atoms with Crippen LogP contribution in [0.1, 0.15) is 77.0 Å². The molecule has 0 aromatic heterocycles. The molecule has 4 aliphatic rings. The molecular formula is C18H30. The molecule has 0 radical (unpaired) electrons. The van der Waals surface area contributed by atoms with E-state index in [1.165, 1.54) is 29.6 Å². The van der Waals surface area contributed by atoms with Gasteiger partial charge in [-0.25, -0.2) is 0 Å². The Morgan fingerprint density at radius 2 is 0.833 bits per heavy atom. The first-order valence-electron chi connectivity index (χ1n) is 8.93. The normalized spacial score (nSPS) is 43.0. The molecule has 0 heteroatoms. The maximum atomic E-state index is 1.62. The van der Waals surface area contributed by atoms with Crippen molar-refractivity contribution >= 4 is 0 Å². The molecule has 4 fully saturated rings. The second kappa shape index (κ2) is 4.84. The molecule has 18 heavy (non-hydrogen) atoms. The van der Waals surface area contributed by atoms with Gasteiger partial charge in [-0.15, -0.1) is 0 Å². The van der Waals surface area contributed by atoms with E-state index in [-0.39, 0.29) is 0 Å². The molecule has 2 atom stereocenters. The molecule has 0 spiro atoms. The van der Waals surface area contributed by atoms with E-state index in [2.05, 4.69) is 0 Å². The van der Waals surface area contributed by atoms with Gasteiger partial charge in [0.1, 0.15) is 0 Å². The maximum Gasteiger partial charge on any atom is -0.0324 e. The van der Waals surface area contributed by atoms with Gasteiger partial charge in [-0.05, 0) is 48.3 Å². The van der Waals surface area contributed by atoms with Crippen molar-refractivity contribution in [2.45, 2.75) is 77.0 Å². The van der Waals surface area contributed by atoms with Crippen molar-refractivity contribution in [3.63, 3.8) is 0 Å². The van der Waals surface area contributed by atoms with Crippen LogP contribution in [0.15, 0.2) is 0 Å². The van der Waals surface area contributed by atoms with Crippen LogP contribution in [0.5, 0.6) is 0 Å². The van der Waals surface area contributed by atoms with Gasteiger partial charge < -0.3 is 0 Å². The Kier molecular flexibility index (Phi) is 3.17. The lowest BCUT2D eigenvalue weighted by atomic mass is 9.62. The highest BCUT2D eigenvalue weighted by Crippen LogP contribution is 2.57. The highest BCUT2D eigenvalue weighted by atomic mass is 14.5. The van der Waals surface area contributed by atoms with E-state index in [9.17, 15) is 0 Å². The van der Waals surface area contributed by atoms with Crippen LogP contribution in [-0.4, -0.2) is 0 Å². The Morgan fingerprint density at radius 3 is 1.22 bits per heavy atom. The molecule has 2 unspecified atom stereocenters. The third-order valence-corrected chi connectivity index (χ3v) is 7.28. The van der Waals surface area contributed by atoms with Gasteiger partial charge >= 0.3 is 0 Å². The zero-order chi connectivity index (χ0) is 11.9. The van der Waals surface area contributed by atoms with Crippen LogP contribution in [0, 0.1) is 35.5 Å². The Bertz CT molecular complexity index is 258. The van der Waals surface area contributed by atoms with Crippen LogP contribution in [-0.2, 0) is 0 Å². The van der Waals surface area contributed by atoms with E-state index in [0.29, 0.717) is 0 Å². The van der Waals surface area contributed by atoms with Gasteiger partial charge in [0.25, 0.3) is 0 Å². The van der Waals surface area contributed by atoms with Crippen molar-refractivity contribution in [2.24, 2.45) is 35.5 Å². The first kappa shape index (κ1) is 11.8. The minimum absolute atomic E-state index is 1.16. The number of hydrogen-bond acceptors (Lipinski definition) is 0. The lowest BCUT2D eigenvalue weighted by molar-refractivity contribution is 0.0657. The average Bonchev–Trinajstić information content (AvgIpc) is 2.82. The van der Waals surface area contributed by atoms with Gasteiger partial charge in [0.2, 0.25) is 0 Å². The van der Waals surface area contributed by atoms with E-state index in [1.807, 2.05) is 0 Å². The van der Waals surface area contributed by atoms with Gasteiger partial charge in [0.05, 0.1) is 0 Å². The number of rotatable bonds is 3. The summed E-state index contributed by atoms with van der Waals surface area (Å²) in [6.07, 6.45) is 19.0. The smallest absolute Gasteiger partial charge is 0.0324 e. The summed E-state index contributed by atoms with van der Waals surface area (Å²) in [4.78, 5) is 0. The Hall–Kier alpha value is 0. The largest absolute Gasteiger partial charge is 0.0530 e. The zero-order valence-corrected chi connectivity index (χ0v) is 11.9. The van der Waals surface area contributed by atoms with E-state index >= 15 is 0 Å². The van der Waals surface area contributed by atoms with Gasteiger partial charge in [-0.1, -0.05) is 64.2 Å². The minimum atomic E-state index is 1.16. The average molecular weight is 246 g/mol. The summed E-state index contributed by atoms with van der Waals surface area (Å²) in [5.41, 5.74) is 0. The number of hydrogen-bond donors (Lipinski definition) is 0. The highest BCUT2D eigenvalue weighted by Gasteiger charge is 2.48. The van der Waals surface area contributed by atoms with Crippen LogP contribution in [0.4, 0.5) is 0 Å². The van der Waals surface area contributed by atoms with Crippen LogP contribution >= 0.6 is 0 Å². The van der Waals surface area contributed by atoms with Gasteiger partial charge in [0.15, 0.2) is 0 Å². The zero-order valence-electron chi connectivity index (χ0n) is 11.9. The van der Waals surface area contributed by atoms with Gasteiger partial charge in [-0.2, -0.15) is 0 Å². The third kappa shape index (κ3) is 1.86. The molecule has 0 nitrogen and oxygen atoms in total. The standard InChI is InChI=1S/C18H30/c1-2-6-15(5-1)18-16(13-7-3-8-13)11-12-17(18)14-9-4-10-14/h13-18H,1-12H2. The van der Waals surface area contributed by atoms with Crippen molar-refractivity contribution in [1.82, 2.24) is 0 Å². The highest BCUT2D eigenvalue weighted by molar-refractivity contribution is 4.98. The summed E-state index contributed by atoms with van der Waals surface area (Å²) in [5, 5.41) is 0. The summed E-state index contributed by atoms with van der Waals surface area (Å²) in [6.45, 7) is 0. The van der Waals surface area contributed by atoms with Crippen molar-refractivity contribution in [1.29, 1.82) is 0 Å². The van der Waals surface area contributed by atoms with E-state index < -0.39 is 0 Å². The fourth-order valence-electron chi connectivity index (χ4n) is 5.96. The predicted octanol–water partition coefficient (Wildman–Crippen LogP) is 5.42. The minimum Gasteiger partial charge on any atom is -0.0530 e. The molecule has 0 saturated heterocycles. The quantitative estimate of drug-likeness (QED) is 0.624. The molecule has 4 aliphatic carbocycles. The molecular weight excluding hydrogens is 216 g/mol. The monoisotopic (exact) mass is 246 g/mol. The maximum absolute atomic E-state index is 1.62. The van der Waals surface area contributed by atoms with Crippen molar-refractivity contribution < 1.29 is 0 Å². The lowest BCUT2D eigenvalue weighted by Gasteiger charge is -2.43. The predicted molar refractivity (Wildman–Crippen MR) is 76.3 cm³/mol. The summed E-state index contributed by atoms with van der Waals surface area (Å²) >= 11 is 0. The third-order valence-electron chi connectivity index (χ3n) is 7.28. The van der Waals surface area contributed by atoms with Gasteiger partial charge in [-0.3, -0.25) is 0 Å². The van der Waals surface area contributed by atoms with Crippen LogP contribution in [0.25, 0.3) is 0 Å². The summed E-state index contributed by atoms with van der Waals surface area (Å²) in [5.74, 6) is 7.02. The van der Waals surface area contributed by atoms with Gasteiger partial charge in [0, 0.05) is 0 Å². The molecule has 0 bridgehead atoms. The lowest BCUT2D eigenvalue weighted by Crippen LogP contribution is -2.35. The molecule has 102 valence electrons. The van der Waals surface area contributed by atoms with Crippen molar-refractivity contribution in [2.75, 3.05) is 0 Å². The molecule has 0 heterocycles. The van der Waals surface area contributed by atoms with Crippen LogP contribution < -0.4 is 0 Å². The first-order chi connectivity index (χ1) is 8.93. The second-order valence-electron chi connectivity index (χ2n) is 7.91. The Morgan fingerprint density at radius 1 is 0.389 bits per heavy atom. The fraction of sp³-hybridized carbons (Fsp3) is 1.00. The summed E-state index contributed by atoms with van der Waals surface area (Å²) in [6, 6.07) is 0. The SMILES string of the molecule is C1CC(C2CCC(C3CCC3)C2C2CCCC2)C1. The molecule has 0 aliphatic heterocycles. The van der Waals surface area contributed by atoms with Crippen LogP contribution in [0.2, 0.25) is 0 Å². The molecule has 0 N–H and O–H groups in total. The topological polar surface area (TPSA) is 0 Å². The van der Waals surface area contributed by atoms with E-state index in [1.54, 1.807) is 77.0 Å². The molecule has 0 amide bonds. The first-order valence-corrected chi connectivity index (χ1v) is 8.93. The molecule has 4 saturated carbocycles. The van der Waals surface area contributed by atoms with Crippen molar-refractivity contribution in [3.8, 4) is 0 Å². The summed E-state index contributed by atoms with van der Waals surface area (Å²) < 4.78 is 0. The Labute approximate surface area is 113 Å². The van der Waals surface area contributed by atoms with E-state index in [4.69, 9.17) is 0 Å². The van der Waals surface area contributed by atoms with E-state index in [0.717, 1.165) is 5.92 Å². The van der Waals surface area contributed by atoms with Crippen LogP contribution in [0.3, 0.4) is 0 Å². The molecule has 0 aromatic rings. The Balaban J connectivity index is 1.51.